The van der Waals surface area contributed by atoms with Crippen LogP contribution in [0, 0.1) is 0 Å². The van der Waals surface area contributed by atoms with Crippen molar-refractivity contribution < 1.29 is 14.7 Å². The van der Waals surface area contributed by atoms with Crippen LogP contribution in [0.2, 0.25) is 5.02 Å². The highest BCUT2D eigenvalue weighted by Gasteiger charge is 2.13. The first-order chi connectivity index (χ1) is 5.59. The van der Waals surface area contributed by atoms with E-state index in [1.54, 1.807) is 12.1 Å². The fourth-order valence-corrected chi connectivity index (χ4v) is 1.18. The molecule has 0 spiro atoms. The van der Waals surface area contributed by atoms with Gasteiger partial charge >= 0.3 is 7.32 Å². The fraction of sp³-hybridized carbons (Fsp3) is 0. The van der Waals surface area contributed by atoms with Crippen molar-refractivity contribution >= 4 is 34.9 Å². The molecule has 0 aromatic heterocycles. The summed E-state index contributed by atoms with van der Waals surface area (Å²) in [5.41, 5.74) is 0. The van der Waals surface area contributed by atoms with Crippen LogP contribution < -0.4 is 4.65 Å². The van der Waals surface area contributed by atoms with Crippen molar-refractivity contribution in [1.29, 1.82) is 0 Å². The number of rotatable bonds is 2. The Kier molecular flexibility index (Phi) is 3.40. The van der Waals surface area contributed by atoms with E-state index in [0.29, 0.717) is 9.50 Å². The third-order valence-electron chi connectivity index (χ3n) is 1.13. The summed E-state index contributed by atoms with van der Waals surface area (Å²) in [6, 6.07) is 4.79. The summed E-state index contributed by atoms with van der Waals surface area (Å²) < 4.78 is 5.22. The first-order valence-electron chi connectivity index (χ1n) is 3.07. The van der Waals surface area contributed by atoms with Gasteiger partial charge in [-0.05, 0) is 34.1 Å². The van der Waals surface area contributed by atoms with Crippen LogP contribution in [0.5, 0.6) is 5.75 Å². The minimum Gasteiger partial charge on any atom is -0.511 e. The van der Waals surface area contributed by atoms with E-state index >= 15 is 0 Å². The van der Waals surface area contributed by atoms with Crippen molar-refractivity contribution in [3.63, 3.8) is 0 Å². The van der Waals surface area contributed by atoms with Gasteiger partial charge in [-0.15, -0.1) is 0 Å². The van der Waals surface area contributed by atoms with Crippen LogP contribution in [0.25, 0.3) is 0 Å². The molecule has 0 aliphatic rings. The zero-order valence-corrected chi connectivity index (χ0v) is 8.21. The molecule has 3 nitrogen and oxygen atoms in total. The number of hydrogen-bond donors (Lipinski definition) is 2. The van der Waals surface area contributed by atoms with Gasteiger partial charge in [0.25, 0.3) is 0 Å². The molecule has 0 bridgehead atoms. The summed E-state index contributed by atoms with van der Waals surface area (Å²) in [7, 11) is -1.83. The maximum atomic E-state index is 8.49. The van der Waals surface area contributed by atoms with Crippen LogP contribution in [-0.4, -0.2) is 17.4 Å². The summed E-state index contributed by atoms with van der Waals surface area (Å²) >= 11 is 8.79. The van der Waals surface area contributed by atoms with Crippen molar-refractivity contribution in [2.24, 2.45) is 0 Å². The second kappa shape index (κ2) is 4.14. The quantitative estimate of drug-likeness (QED) is 0.782. The summed E-state index contributed by atoms with van der Waals surface area (Å²) in [5, 5.41) is 17.4. The van der Waals surface area contributed by atoms with E-state index in [-0.39, 0.29) is 5.75 Å². The SMILES string of the molecule is OB(O)Oc1cc(Cl)ccc1Br. The Labute approximate surface area is 83.2 Å². The van der Waals surface area contributed by atoms with Crippen LogP contribution in [0.15, 0.2) is 22.7 Å². The molecule has 0 aliphatic carbocycles. The van der Waals surface area contributed by atoms with Crippen molar-refractivity contribution in [2.45, 2.75) is 0 Å². The third-order valence-corrected chi connectivity index (χ3v) is 2.02. The molecule has 12 heavy (non-hydrogen) atoms. The largest absolute Gasteiger partial charge is 0.707 e. The molecule has 0 saturated heterocycles. The normalized spacial score (nSPS) is 9.67. The Morgan fingerprint density at radius 2 is 2.08 bits per heavy atom. The summed E-state index contributed by atoms with van der Waals surface area (Å²) in [5.74, 6) is 0.289. The van der Waals surface area contributed by atoms with E-state index in [4.69, 9.17) is 21.6 Å². The highest BCUT2D eigenvalue weighted by atomic mass is 79.9. The predicted molar refractivity (Wildman–Crippen MR) is 50.0 cm³/mol. The maximum absolute atomic E-state index is 8.49. The molecule has 2 N–H and O–H groups in total. The minimum absolute atomic E-state index is 0.289. The van der Waals surface area contributed by atoms with Gasteiger partial charge in [-0.2, -0.15) is 0 Å². The lowest BCUT2D eigenvalue weighted by molar-refractivity contribution is 0.287. The summed E-state index contributed by atoms with van der Waals surface area (Å²) in [4.78, 5) is 0. The molecular weight excluding hydrogens is 246 g/mol. The van der Waals surface area contributed by atoms with E-state index < -0.39 is 7.32 Å². The fourth-order valence-electron chi connectivity index (χ4n) is 0.681. The molecular formula is C6H5BBrClO3. The first-order valence-corrected chi connectivity index (χ1v) is 4.24. The zero-order valence-electron chi connectivity index (χ0n) is 5.87. The van der Waals surface area contributed by atoms with Crippen LogP contribution in [-0.2, 0) is 0 Å². The van der Waals surface area contributed by atoms with Gasteiger partial charge in [0.05, 0.1) is 4.47 Å². The monoisotopic (exact) mass is 250 g/mol. The molecule has 0 aliphatic heterocycles. The van der Waals surface area contributed by atoms with Crippen molar-refractivity contribution in [3.8, 4) is 5.75 Å². The second-order valence-electron chi connectivity index (χ2n) is 2.02. The van der Waals surface area contributed by atoms with Gasteiger partial charge in [-0.25, -0.2) is 0 Å². The predicted octanol–water partition coefficient (Wildman–Crippen LogP) is 1.45. The highest BCUT2D eigenvalue weighted by Crippen LogP contribution is 2.27. The number of benzene rings is 1. The molecule has 1 aromatic rings. The smallest absolute Gasteiger partial charge is 0.511 e. The minimum atomic E-state index is -1.83. The number of hydrogen-bond acceptors (Lipinski definition) is 3. The Balaban J connectivity index is 2.90. The Hall–Kier alpha value is -0.225. The average Bonchev–Trinajstić information content (AvgIpc) is 1.96. The average molecular weight is 251 g/mol. The van der Waals surface area contributed by atoms with Gasteiger partial charge in [0.15, 0.2) is 0 Å². The molecule has 0 radical (unpaired) electrons. The maximum Gasteiger partial charge on any atom is 0.707 e. The molecule has 64 valence electrons. The van der Waals surface area contributed by atoms with Gasteiger partial charge < -0.3 is 14.7 Å². The van der Waals surface area contributed by atoms with E-state index in [0.717, 1.165) is 0 Å². The van der Waals surface area contributed by atoms with E-state index in [1.165, 1.54) is 6.07 Å². The van der Waals surface area contributed by atoms with Gasteiger partial charge in [0.1, 0.15) is 5.75 Å². The van der Waals surface area contributed by atoms with Gasteiger partial charge in [0.2, 0.25) is 0 Å². The Bertz CT molecular complexity index is 281. The first kappa shape index (κ1) is 9.86. The highest BCUT2D eigenvalue weighted by molar-refractivity contribution is 9.10. The van der Waals surface area contributed by atoms with Crippen molar-refractivity contribution in [2.75, 3.05) is 0 Å². The zero-order chi connectivity index (χ0) is 9.14. The standard InChI is InChI=1S/C6H5BBrClO3/c8-5-2-1-4(9)3-6(5)12-7(10)11/h1-3,10-11H. The van der Waals surface area contributed by atoms with Gasteiger partial charge in [0, 0.05) is 5.02 Å². The van der Waals surface area contributed by atoms with Gasteiger partial charge in [-0.3, -0.25) is 0 Å². The molecule has 1 rings (SSSR count). The molecule has 0 heterocycles. The van der Waals surface area contributed by atoms with Crippen LogP contribution in [0.4, 0.5) is 0 Å². The van der Waals surface area contributed by atoms with Gasteiger partial charge in [-0.1, -0.05) is 11.6 Å². The van der Waals surface area contributed by atoms with Crippen molar-refractivity contribution in [3.05, 3.63) is 27.7 Å². The molecule has 0 unspecified atom stereocenters. The topological polar surface area (TPSA) is 49.7 Å². The van der Waals surface area contributed by atoms with E-state index in [2.05, 4.69) is 20.6 Å². The lowest BCUT2D eigenvalue weighted by Crippen LogP contribution is -2.20. The summed E-state index contributed by atoms with van der Waals surface area (Å²) in [6.45, 7) is 0. The third kappa shape index (κ3) is 2.67. The molecule has 1 aromatic carbocycles. The second-order valence-corrected chi connectivity index (χ2v) is 3.31. The van der Waals surface area contributed by atoms with Crippen LogP contribution >= 0.6 is 27.5 Å². The molecule has 6 heteroatoms. The molecule has 0 amide bonds. The molecule has 0 fully saturated rings. The Morgan fingerprint density at radius 1 is 1.42 bits per heavy atom. The van der Waals surface area contributed by atoms with E-state index in [9.17, 15) is 0 Å². The lowest BCUT2D eigenvalue weighted by Gasteiger charge is -2.06. The van der Waals surface area contributed by atoms with Crippen LogP contribution in [0.3, 0.4) is 0 Å². The van der Waals surface area contributed by atoms with Crippen molar-refractivity contribution in [1.82, 2.24) is 0 Å². The van der Waals surface area contributed by atoms with Crippen LogP contribution in [0.1, 0.15) is 0 Å². The number of halogens is 2. The molecule has 0 saturated carbocycles. The van der Waals surface area contributed by atoms with E-state index in [1.807, 2.05) is 0 Å². The lowest BCUT2D eigenvalue weighted by atomic mass is 10.2. The Morgan fingerprint density at radius 3 is 2.67 bits per heavy atom. The summed E-state index contributed by atoms with van der Waals surface area (Å²) in [6.07, 6.45) is 0. The molecule has 0 atom stereocenters.